The monoisotopic (exact) mass is 344 g/mol. The van der Waals surface area contributed by atoms with E-state index < -0.39 is 0 Å². The minimum Gasteiger partial charge on any atom is -0.310 e. The number of fused-ring (bicyclic) bond motifs is 1. The molecule has 3 heterocycles. The van der Waals surface area contributed by atoms with Crippen molar-refractivity contribution < 1.29 is 4.79 Å². The molecule has 0 radical (unpaired) electrons. The van der Waals surface area contributed by atoms with E-state index in [-0.39, 0.29) is 17.4 Å². The molecule has 1 aliphatic heterocycles. The summed E-state index contributed by atoms with van der Waals surface area (Å²) in [5.41, 5.74) is 2.33. The van der Waals surface area contributed by atoms with Gasteiger partial charge in [0, 0.05) is 29.2 Å². The van der Waals surface area contributed by atoms with Crippen molar-refractivity contribution in [2.24, 2.45) is 5.92 Å². The molecule has 0 aromatic carbocycles. The lowest BCUT2D eigenvalue weighted by molar-refractivity contribution is -0.119. The summed E-state index contributed by atoms with van der Waals surface area (Å²) in [5, 5.41) is 3.54. The molecule has 0 saturated carbocycles. The average Bonchev–Trinajstić information content (AvgIpc) is 2.55. The van der Waals surface area contributed by atoms with Crippen molar-refractivity contribution in [1.82, 2.24) is 14.5 Å². The Hall–Kier alpha value is -2.15. The Labute approximate surface area is 144 Å². The largest absolute Gasteiger partial charge is 0.310 e. The molecule has 2 aromatic heterocycles. The number of aromatic nitrogens is 3. The van der Waals surface area contributed by atoms with E-state index in [1.165, 1.54) is 11.8 Å². The fraction of sp³-hybridized carbons (Fsp3) is 0.412. The molecule has 0 aliphatic carbocycles. The number of rotatable bonds is 3. The number of hydrogen-bond acceptors (Lipinski definition) is 5. The van der Waals surface area contributed by atoms with Crippen LogP contribution < -0.4 is 10.9 Å². The Bertz CT molecular complexity index is 847. The van der Waals surface area contributed by atoms with Crippen molar-refractivity contribution in [3.8, 4) is 0 Å². The molecule has 0 spiro atoms. The van der Waals surface area contributed by atoms with Gasteiger partial charge >= 0.3 is 0 Å². The zero-order chi connectivity index (χ0) is 17.3. The van der Waals surface area contributed by atoms with Crippen molar-refractivity contribution in [2.75, 3.05) is 11.1 Å². The van der Waals surface area contributed by atoms with Crippen LogP contribution in [0.25, 0.3) is 0 Å². The second-order valence-electron chi connectivity index (χ2n) is 5.89. The van der Waals surface area contributed by atoms with Crippen LogP contribution in [0.2, 0.25) is 0 Å². The maximum atomic E-state index is 12.6. The lowest BCUT2D eigenvalue weighted by Crippen LogP contribution is -2.38. The number of pyridine rings is 1. The second-order valence-corrected chi connectivity index (χ2v) is 6.88. The van der Waals surface area contributed by atoms with Gasteiger partial charge in [-0.05, 0) is 32.4 Å². The minimum atomic E-state index is -0.281. The molecule has 1 atom stereocenters. The zero-order valence-electron chi connectivity index (χ0n) is 14.0. The molecule has 1 unspecified atom stereocenters. The summed E-state index contributed by atoms with van der Waals surface area (Å²) in [4.78, 5) is 33.9. The van der Waals surface area contributed by atoms with Crippen molar-refractivity contribution >= 4 is 23.5 Å². The highest BCUT2D eigenvalue weighted by atomic mass is 32.2. The van der Waals surface area contributed by atoms with E-state index >= 15 is 0 Å². The van der Waals surface area contributed by atoms with Gasteiger partial charge in [0.05, 0.1) is 5.92 Å². The Balaban J connectivity index is 1.82. The molecule has 2 aromatic rings. The molecule has 0 saturated heterocycles. The molecular weight excluding hydrogens is 324 g/mol. The summed E-state index contributed by atoms with van der Waals surface area (Å²) in [5.74, 6) is 0.752. The van der Waals surface area contributed by atoms with Crippen LogP contribution in [0.1, 0.15) is 23.9 Å². The molecule has 1 N–H and O–H groups in total. The van der Waals surface area contributed by atoms with Gasteiger partial charge in [0.25, 0.3) is 5.56 Å². The molecule has 126 valence electrons. The standard InChI is InChI=1S/C17H20N4O2S/c1-4-13-11(3)19-17-21(16(13)23)8-12(9-24-17)15(22)20-14-7-5-6-10(2)18-14/h5-7,12H,4,8-9H2,1-3H3,(H,18,20,22). The van der Waals surface area contributed by atoms with Crippen LogP contribution in [0, 0.1) is 19.8 Å². The van der Waals surface area contributed by atoms with Crippen molar-refractivity contribution in [3.05, 3.63) is 45.5 Å². The van der Waals surface area contributed by atoms with E-state index in [9.17, 15) is 9.59 Å². The van der Waals surface area contributed by atoms with Crippen LogP contribution in [0.15, 0.2) is 28.2 Å². The number of nitrogens with one attached hydrogen (secondary N) is 1. The van der Waals surface area contributed by atoms with Gasteiger partial charge in [0.15, 0.2) is 5.16 Å². The highest BCUT2D eigenvalue weighted by Crippen LogP contribution is 2.26. The Kier molecular flexibility index (Phi) is 4.71. The Morgan fingerprint density at radius 3 is 2.88 bits per heavy atom. The van der Waals surface area contributed by atoms with Gasteiger partial charge in [0.1, 0.15) is 5.82 Å². The molecule has 0 bridgehead atoms. The van der Waals surface area contributed by atoms with Crippen molar-refractivity contribution in [1.29, 1.82) is 0 Å². The van der Waals surface area contributed by atoms with E-state index in [0.717, 1.165) is 17.0 Å². The van der Waals surface area contributed by atoms with E-state index in [0.29, 0.717) is 29.7 Å². The first-order valence-corrected chi connectivity index (χ1v) is 8.95. The van der Waals surface area contributed by atoms with Gasteiger partial charge < -0.3 is 5.32 Å². The topological polar surface area (TPSA) is 76.9 Å². The van der Waals surface area contributed by atoms with E-state index in [1.807, 2.05) is 32.9 Å². The van der Waals surface area contributed by atoms with Crippen molar-refractivity contribution in [3.63, 3.8) is 0 Å². The van der Waals surface area contributed by atoms with E-state index in [1.54, 1.807) is 10.6 Å². The van der Waals surface area contributed by atoms with E-state index in [2.05, 4.69) is 15.3 Å². The molecule has 1 amide bonds. The number of hydrogen-bond donors (Lipinski definition) is 1. The highest BCUT2D eigenvalue weighted by Gasteiger charge is 2.28. The predicted molar refractivity (Wildman–Crippen MR) is 94.4 cm³/mol. The molecule has 7 heteroatoms. The molecule has 3 rings (SSSR count). The fourth-order valence-corrected chi connectivity index (χ4v) is 3.92. The molecule has 24 heavy (non-hydrogen) atoms. The van der Waals surface area contributed by atoms with Gasteiger partial charge in [-0.3, -0.25) is 14.2 Å². The first-order valence-electron chi connectivity index (χ1n) is 7.97. The molecular formula is C17H20N4O2S. The number of nitrogens with zero attached hydrogens (tertiary/aromatic N) is 3. The fourth-order valence-electron chi connectivity index (χ4n) is 2.80. The van der Waals surface area contributed by atoms with Gasteiger partial charge in [0.2, 0.25) is 5.91 Å². The summed E-state index contributed by atoms with van der Waals surface area (Å²) in [7, 11) is 0. The third kappa shape index (κ3) is 3.21. The van der Waals surface area contributed by atoms with Gasteiger partial charge in [-0.2, -0.15) is 0 Å². The first kappa shape index (κ1) is 16.7. The second kappa shape index (κ2) is 6.76. The maximum Gasteiger partial charge on any atom is 0.257 e. The van der Waals surface area contributed by atoms with Crippen LogP contribution in [0.4, 0.5) is 5.82 Å². The van der Waals surface area contributed by atoms with Crippen LogP contribution >= 0.6 is 11.8 Å². The molecule has 6 nitrogen and oxygen atoms in total. The Morgan fingerprint density at radius 1 is 1.38 bits per heavy atom. The zero-order valence-corrected chi connectivity index (χ0v) is 14.8. The summed E-state index contributed by atoms with van der Waals surface area (Å²) >= 11 is 1.46. The lowest BCUT2D eigenvalue weighted by atomic mass is 10.1. The predicted octanol–water partition coefficient (Wildman–Crippen LogP) is 2.18. The van der Waals surface area contributed by atoms with Gasteiger partial charge in [-0.15, -0.1) is 0 Å². The first-order chi connectivity index (χ1) is 11.5. The summed E-state index contributed by atoms with van der Waals surface area (Å²) in [6.07, 6.45) is 0.646. The van der Waals surface area contributed by atoms with Crippen LogP contribution in [0.5, 0.6) is 0 Å². The highest BCUT2D eigenvalue weighted by molar-refractivity contribution is 7.99. The van der Waals surface area contributed by atoms with Crippen LogP contribution in [0.3, 0.4) is 0 Å². The lowest BCUT2D eigenvalue weighted by Gasteiger charge is -2.25. The number of anilines is 1. The van der Waals surface area contributed by atoms with E-state index in [4.69, 9.17) is 0 Å². The normalized spacial score (nSPS) is 16.5. The maximum absolute atomic E-state index is 12.6. The van der Waals surface area contributed by atoms with Gasteiger partial charge in [-0.1, -0.05) is 24.8 Å². The van der Waals surface area contributed by atoms with Gasteiger partial charge in [-0.25, -0.2) is 9.97 Å². The summed E-state index contributed by atoms with van der Waals surface area (Å²) in [6, 6.07) is 5.50. The number of carbonyl (C=O) groups is 1. The van der Waals surface area contributed by atoms with Crippen molar-refractivity contribution in [2.45, 2.75) is 38.9 Å². The third-order valence-corrected chi connectivity index (χ3v) is 5.25. The minimum absolute atomic E-state index is 0.0290. The van der Waals surface area contributed by atoms with Crippen LogP contribution in [-0.2, 0) is 17.8 Å². The smallest absolute Gasteiger partial charge is 0.257 e. The number of thioether (sulfide) groups is 1. The average molecular weight is 344 g/mol. The molecule has 1 aliphatic rings. The Morgan fingerprint density at radius 2 is 2.17 bits per heavy atom. The quantitative estimate of drug-likeness (QED) is 0.864. The summed E-state index contributed by atoms with van der Waals surface area (Å²) in [6.45, 7) is 6.05. The number of carbonyl (C=O) groups excluding carboxylic acids is 1. The third-order valence-electron chi connectivity index (χ3n) is 4.11. The number of aryl methyl sites for hydroxylation is 2. The van der Waals surface area contributed by atoms with Crippen LogP contribution in [-0.4, -0.2) is 26.2 Å². The SMILES string of the molecule is CCc1c(C)nc2n(c1=O)CC(C(=O)Nc1cccc(C)n1)CS2. The summed E-state index contributed by atoms with van der Waals surface area (Å²) < 4.78 is 1.63. The number of amides is 1. The molecule has 0 fully saturated rings.